The maximum atomic E-state index is 5.41. The molecule has 0 unspecified atom stereocenters. The van der Waals surface area contributed by atoms with Crippen molar-refractivity contribution in [3.63, 3.8) is 0 Å². The predicted molar refractivity (Wildman–Crippen MR) is 80.5 cm³/mol. The molecule has 0 fully saturated rings. The Morgan fingerprint density at radius 2 is 2.15 bits per heavy atom. The van der Waals surface area contributed by atoms with Crippen LogP contribution in [0.15, 0.2) is 49.3 Å². The van der Waals surface area contributed by atoms with Crippen molar-refractivity contribution in [2.75, 3.05) is 13.7 Å². The molecule has 0 bridgehead atoms. The van der Waals surface area contributed by atoms with Crippen LogP contribution >= 0.6 is 0 Å². The van der Waals surface area contributed by atoms with E-state index in [9.17, 15) is 0 Å². The molecule has 0 N–H and O–H groups in total. The molecule has 2 aromatic rings. The molecular formula is C16H21N3O. The molecule has 0 amide bonds. The molecule has 1 heterocycles. The molecule has 0 spiro atoms. The summed E-state index contributed by atoms with van der Waals surface area (Å²) in [4.78, 5) is 6.66. The van der Waals surface area contributed by atoms with Crippen LogP contribution in [0.5, 0.6) is 5.75 Å². The largest absolute Gasteiger partial charge is 0.496 e. The van der Waals surface area contributed by atoms with E-state index < -0.39 is 0 Å². The maximum Gasteiger partial charge on any atom is 0.123 e. The van der Waals surface area contributed by atoms with Gasteiger partial charge >= 0.3 is 0 Å². The molecular weight excluding hydrogens is 250 g/mol. The molecule has 0 aliphatic rings. The van der Waals surface area contributed by atoms with E-state index in [0.29, 0.717) is 0 Å². The Morgan fingerprint density at radius 3 is 2.80 bits per heavy atom. The second kappa shape index (κ2) is 6.91. The number of aromatic nitrogens is 2. The van der Waals surface area contributed by atoms with Crippen LogP contribution < -0.4 is 4.74 Å². The van der Waals surface area contributed by atoms with Gasteiger partial charge in [-0.05, 0) is 6.07 Å². The Hall–Kier alpha value is -2.07. The summed E-state index contributed by atoms with van der Waals surface area (Å²) in [5.41, 5.74) is 1.17. The molecule has 4 heteroatoms. The van der Waals surface area contributed by atoms with Crippen LogP contribution in [0.1, 0.15) is 11.4 Å². The summed E-state index contributed by atoms with van der Waals surface area (Å²) in [5.74, 6) is 1.96. The third-order valence-electron chi connectivity index (χ3n) is 3.26. The number of para-hydroxylation sites is 1. The van der Waals surface area contributed by atoms with E-state index >= 15 is 0 Å². The summed E-state index contributed by atoms with van der Waals surface area (Å²) in [6, 6.07) is 8.10. The smallest absolute Gasteiger partial charge is 0.123 e. The maximum absolute atomic E-state index is 5.41. The van der Waals surface area contributed by atoms with Crippen molar-refractivity contribution >= 4 is 0 Å². The number of imidazole rings is 1. The molecule has 0 aliphatic carbocycles. The van der Waals surface area contributed by atoms with Crippen LogP contribution in [0.4, 0.5) is 0 Å². The first kappa shape index (κ1) is 14.3. The average Bonchev–Trinajstić information content (AvgIpc) is 2.85. The highest BCUT2D eigenvalue weighted by Crippen LogP contribution is 2.20. The number of ether oxygens (including phenoxy) is 1. The monoisotopic (exact) mass is 271 g/mol. The predicted octanol–water partition coefficient (Wildman–Crippen LogP) is 2.62. The second-order valence-electron chi connectivity index (χ2n) is 4.72. The minimum Gasteiger partial charge on any atom is -0.496 e. The summed E-state index contributed by atoms with van der Waals surface area (Å²) in [7, 11) is 3.72. The van der Waals surface area contributed by atoms with Crippen LogP contribution in [0.3, 0.4) is 0 Å². The molecule has 2 rings (SSSR count). The SMILES string of the molecule is C=CCN(Cc1ccccc1OC)Cc1nccn1C. The number of rotatable bonds is 7. The zero-order chi connectivity index (χ0) is 14.4. The van der Waals surface area contributed by atoms with Gasteiger partial charge in [0.2, 0.25) is 0 Å². The van der Waals surface area contributed by atoms with E-state index in [0.717, 1.165) is 31.2 Å². The molecule has 0 radical (unpaired) electrons. The fourth-order valence-corrected chi connectivity index (χ4v) is 2.19. The van der Waals surface area contributed by atoms with Gasteiger partial charge in [0.1, 0.15) is 11.6 Å². The zero-order valence-electron chi connectivity index (χ0n) is 12.1. The minimum absolute atomic E-state index is 0.785. The van der Waals surface area contributed by atoms with Gasteiger partial charge in [0.15, 0.2) is 0 Å². The summed E-state index contributed by atoms with van der Waals surface area (Å²) in [6.45, 7) is 6.24. The van der Waals surface area contributed by atoms with E-state index in [4.69, 9.17) is 4.74 Å². The number of hydrogen-bond acceptors (Lipinski definition) is 3. The zero-order valence-corrected chi connectivity index (χ0v) is 12.1. The first-order valence-electron chi connectivity index (χ1n) is 6.66. The van der Waals surface area contributed by atoms with Crippen molar-refractivity contribution in [2.45, 2.75) is 13.1 Å². The average molecular weight is 271 g/mol. The van der Waals surface area contributed by atoms with Crippen molar-refractivity contribution in [3.8, 4) is 5.75 Å². The fourth-order valence-electron chi connectivity index (χ4n) is 2.19. The summed E-state index contributed by atoms with van der Waals surface area (Å²) in [6.07, 6.45) is 5.70. The fraction of sp³-hybridized carbons (Fsp3) is 0.312. The number of nitrogens with zero attached hydrogens (tertiary/aromatic N) is 3. The van der Waals surface area contributed by atoms with Crippen LogP contribution in [-0.4, -0.2) is 28.1 Å². The number of benzene rings is 1. The van der Waals surface area contributed by atoms with Gasteiger partial charge in [0.25, 0.3) is 0 Å². The highest BCUT2D eigenvalue weighted by atomic mass is 16.5. The summed E-state index contributed by atoms with van der Waals surface area (Å²) >= 11 is 0. The van der Waals surface area contributed by atoms with Crippen molar-refractivity contribution in [3.05, 3.63) is 60.7 Å². The Morgan fingerprint density at radius 1 is 1.35 bits per heavy atom. The Kier molecular flexibility index (Phi) is 4.96. The van der Waals surface area contributed by atoms with Crippen molar-refractivity contribution in [1.29, 1.82) is 0 Å². The standard InChI is InChI=1S/C16H21N3O/c1-4-10-19(13-16-17-9-11-18(16)2)12-14-7-5-6-8-15(14)20-3/h4-9,11H,1,10,12-13H2,2-3H3. The number of hydrogen-bond donors (Lipinski definition) is 0. The lowest BCUT2D eigenvalue weighted by Crippen LogP contribution is -2.24. The second-order valence-corrected chi connectivity index (χ2v) is 4.72. The number of aryl methyl sites for hydroxylation is 1. The van der Waals surface area contributed by atoms with Crippen LogP contribution in [0.25, 0.3) is 0 Å². The molecule has 0 aliphatic heterocycles. The molecule has 106 valence electrons. The van der Waals surface area contributed by atoms with Crippen molar-refractivity contribution < 1.29 is 4.74 Å². The molecule has 0 saturated carbocycles. The van der Waals surface area contributed by atoms with Crippen LogP contribution in [0.2, 0.25) is 0 Å². The molecule has 1 aromatic heterocycles. The third kappa shape index (κ3) is 3.48. The first-order chi connectivity index (χ1) is 9.74. The Balaban J connectivity index is 2.13. The Labute approximate surface area is 120 Å². The van der Waals surface area contributed by atoms with E-state index in [-0.39, 0.29) is 0 Å². The molecule has 20 heavy (non-hydrogen) atoms. The van der Waals surface area contributed by atoms with Gasteiger partial charge in [-0.2, -0.15) is 0 Å². The van der Waals surface area contributed by atoms with Gasteiger partial charge in [-0.15, -0.1) is 6.58 Å². The van der Waals surface area contributed by atoms with Crippen molar-refractivity contribution in [2.24, 2.45) is 7.05 Å². The lowest BCUT2D eigenvalue weighted by atomic mass is 10.2. The normalized spacial score (nSPS) is 10.8. The summed E-state index contributed by atoms with van der Waals surface area (Å²) < 4.78 is 7.45. The lowest BCUT2D eigenvalue weighted by molar-refractivity contribution is 0.270. The molecule has 1 aromatic carbocycles. The molecule has 0 saturated heterocycles. The topological polar surface area (TPSA) is 30.3 Å². The Bertz CT molecular complexity index is 562. The van der Waals surface area contributed by atoms with E-state index in [1.165, 1.54) is 5.56 Å². The molecule has 0 atom stereocenters. The van der Waals surface area contributed by atoms with E-state index in [1.807, 2.05) is 48.3 Å². The highest BCUT2D eigenvalue weighted by Gasteiger charge is 2.11. The van der Waals surface area contributed by atoms with Gasteiger partial charge in [-0.1, -0.05) is 24.3 Å². The number of methoxy groups -OCH3 is 1. The van der Waals surface area contributed by atoms with Gasteiger partial charge in [-0.25, -0.2) is 4.98 Å². The van der Waals surface area contributed by atoms with Gasteiger partial charge in [0, 0.05) is 38.1 Å². The van der Waals surface area contributed by atoms with Crippen LogP contribution in [0, 0.1) is 0 Å². The minimum atomic E-state index is 0.785. The molecule has 4 nitrogen and oxygen atoms in total. The van der Waals surface area contributed by atoms with Crippen molar-refractivity contribution in [1.82, 2.24) is 14.5 Å². The first-order valence-corrected chi connectivity index (χ1v) is 6.66. The van der Waals surface area contributed by atoms with Gasteiger partial charge in [0.05, 0.1) is 13.7 Å². The van der Waals surface area contributed by atoms with Gasteiger partial charge in [-0.3, -0.25) is 4.90 Å². The quantitative estimate of drug-likeness (QED) is 0.725. The van der Waals surface area contributed by atoms with E-state index in [2.05, 4.69) is 22.5 Å². The van der Waals surface area contributed by atoms with Crippen LogP contribution in [-0.2, 0) is 20.1 Å². The lowest BCUT2D eigenvalue weighted by Gasteiger charge is -2.21. The van der Waals surface area contributed by atoms with E-state index in [1.54, 1.807) is 7.11 Å². The van der Waals surface area contributed by atoms with Gasteiger partial charge < -0.3 is 9.30 Å². The summed E-state index contributed by atoms with van der Waals surface area (Å²) in [5, 5.41) is 0. The highest BCUT2D eigenvalue weighted by molar-refractivity contribution is 5.33. The third-order valence-corrected chi connectivity index (χ3v) is 3.26.